The van der Waals surface area contributed by atoms with Gasteiger partial charge in [-0.05, 0) is 0 Å². The van der Waals surface area contributed by atoms with E-state index in [1.54, 1.807) is 0 Å². The third-order valence-corrected chi connectivity index (χ3v) is 3.35. The third-order valence-electron chi connectivity index (χ3n) is 1.89. The van der Waals surface area contributed by atoms with Crippen molar-refractivity contribution in [3.63, 3.8) is 0 Å². The summed E-state index contributed by atoms with van der Waals surface area (Å²) >= 11 is 1.98. The van der Waals surface area contributed by atoms with Gasteiger partial charge in [0.15, 0.2) is 0 Å². The Hall–Kier alpha value is 0.550. The molecule has 0 heterocycles. The van der Waals surface area contributed by atoms with E-state index in [1.807, 2.05) is 22.6 Å². The number of hydrogen-bond acceptors (Lipinski definition) is 1. The number of ether oxygens (including phenoxy) is 1. The molecule has 4 heteroatoms. The highest BCUT2D eigenvalue weighted by Crippen LogP contribution is 2.61. The Labute approximate surface area is 72.3 Å². The van der Waals surface area contributed by atoms with Crippen LogP contribution in [0.2, 0.25) is 0 Å². The van der Waals surface area contributed by atoms with Crippen LogP contribution in [-0.4, -0.2) is 24.1 Å². The molecule has 0 N–H and O–H groups in total. The second-order valence-electron chi connectivity index (χ2n) is 2.73. The van der Waals surface area contributed by atoms with E-state index in [4.69, 9.17) is 4.74 Å². The molecular formula is C6H9F2IO. The molecule has 60 valence electrons. The minimum absolute atomic E-state index is 0.00319. The van der Waals surface area contributed by atoms with Crippen LogP contribution >= 0.6 is 22.6 Å². The molecule has 1 aliphatic rings. The summed E-state index contributed by atoms with van der Waals surface area (Å²) in [7, 11) is 1.46. The van der Waals surface area contributed by atoms with Crippen molar-refractivity contribution in [3.8, 4) is 0 Å². The first-order chi connectivity index (χ1) is 4.58. The van der Waals surface area contributed by atoms with Crippen molar-refractivity contribution in [1.29, 1.82) is 0 Å². The first-order valence-corrected chi connectivity index (χ1v) is 4.53. The van der Waals surface area contributed by atoms with Crippen LogP contribution in [0.25, 0.3) is 0 Å². The highest BCUT2D eigenvalue weighted by molar-refractivity contribution is 14.1. The minimum atomic E-state index is -2.47. The van der Waals surface area contributed by atoms with E-state index in [-0.39, 0.29) is 13.0 Å². The maximum atomic E-state index is 12.6. The Bertz CT molecular complexity index is 140. The summed E-state index contributed by atoms with van der Waals surface area (Å²) in [4.78, 5) is 0. The minimum Gasteiger partial charge on any atom is -0.384 e. The van der Waals surface area contributed by atoms with E-state index in [1.165, 1.54) is 7.11 Å². The molecule has 1 rings (SSSR count). The maximum Gasteiger partial charge on any atom is 0.257 e. The molecule has 0 saturated heterocycles. The van der Waals surface area contributed by atoms with Gasteiger partial charge < -0.3 is 4.74 Å². The van der Waals surface area contributed by atoms with Gasteiger partial charge in [0.05, 0.1) is 12.0 Å². The van der Waals surface area contributed by atoms with Crippen molar-refractivity contribution in [3.05, 3.63) is 0 Å². The topological polar surface area (TPSA) is 9.23 Å². The fourth-order valence-electron chi connectivity index (χ4n) is 0.997. The van der Waals surface area contributed by atoms with Crippen LogP contribution in [0.15, 0.2) is 0 Å². The molecule has 1 aliphatic carbocycles. The largest absolute Gasteiger partial charge is 0.384 e. The van der Waals surface area contributed by atoms with Gasteiger partial charge in [-0.25, -0.2) is 8.78 Å². The molecule has 0 aliphatic heterocycles. The molecule has 1 nitrogen and oxygen atoms in total. The summed E-state index contributed by atoms with van der Waals surface area (Å²) in [5.74, 6) is -2.47. The molecule has 0 aromatic heterocycles. The fourth-order valence-corrected chi connectivity index (χ4v) is 2.05. The smallest absolute Gasteiger partial charge is 0.257 e. The Morgan fingerprint density at radius 3 is 2.20 bits per heavy atom. The van der Waals surface area contributed by atoms with E-state index in [0.29, 0.717) is 4.43 Å². The third kappa shape index (κ3) is 1.15. The molecule has 0 spiro atoms. The van der Waals surface area contributed by atoms with Gasteiger partial charge in [-0.15, -0.1) is 0 Å². The molecule has 10 heavy (non-hydrogen) atoms. The monoisotopic (exact) mass is 262 g/mol. The fraction of sp³-hybridized carbons (Fsp3) is 1.00. The van der Waals surface area contributed by atoms with Crippen LogP contribution in [0, 0.1) is 5.41 Å². The van der Waals surface area contributed by atoms with E-state index in [2.05, 4.69) is 0 Å². The standard InChI is InChI=1S/C6H9F2IO/c1-10-4-5(3-9)2-6(5,7)8/h2-4H2,1H3. The van der Waals surface area contributed by atoms with Crippen LogP contribution in [0.3, 0.4) is 0 Å². The number of methoxy groups -OCH3 is 1. The lowest BCUT2D eigenvalue weighted by Crippen LogP contribution is -2.18. The maximum absolute atomic E-state index is 12.6. The van der Waals surface area contributed by atoms with Gasteiger partial charge in [-0.2, -0.15) is 0 Å². The zero-order valence-electron chi connectivity index (χ0n) is 5.66. The highest BCUT2D eigenvalue weighted by Gasteiger charge is 2.70. The van der Waals surface area contributed by atoms with Gasteiger partial charge in [-0.3, -0.25) is 0 Å². The Balaban J connectivity index is 2.50. The Kier molecular flexibility index (Phi) is 2.20. The van der Waals surface area contributed by atoms with Gasteiger partial charge in [0.1, 0.15) is 0 Å². The Morgan fingerprint density at radius 1 is 1.60 bits per heavy atom. The molecule has 0 aromatic carbocycles. The van der Waals surface area contributed by atoms with Crippen LogP contribution in [0.1, 0.15) is 6.42 Å². The van der Waals surface area contributed by atoms with Crippen LogP contribution in [0.4, 0.5) is 8.78 Å². The number of alkyl halides is 3. The van der Waals surface area contributed by atoms with Crippen LogP contribution < -0.4 is 0 Å². The lowest BCUT2D eigenvalue weighted by atomic mass is 10.1. The van der Waals surface area contributed by atoms with E-state index < -0.39 is 11.3 Å². The normalized spacial score (nSPS) is 36.0. The van der Waals surface area contributed by atoms with E-state index in [0.717, 1.165) is 0 Å². The Morgan fingerprint density at radius 2 is 2.10 bits per heavy atom. The molecule has 0 bridgehead atoms. The van der Waals surface area contributed by atoms with Crippen molar-refractivity contribution in [1.82, 2.24) is 0 Å². The van der Waals surface area contributed by atoms with E-state index >= 15 is 0 Å². The molecule has 1 unspecified atom stereocenters. The van der Waals surface area contributed by atoms with Gasteiger partial charge in [0.2, 0.25) is 0 Å². The van der Waals surface area contributed by atoms with Crippen molar-refractivity contribution >= 4 is 22.6 Å². The highest BCUT2D eigenvalue weighted by atomic mass is 127. The van der Waals surface area contributed by atoms with Crippen molar-refractivity contribution in [2.24, 2.45) is 5.41 Å². The lowest BCUT2D eigenvalue weighted by molar-refractivity contribution is 0.0347. The summed E-state index contributed by atoms with van der Waals surface area (Å²) < 4.78 is 30.3. The summed E-state index contributed by atoms with van der Waals surface area (Å²) in [5, 5.41) is 0. The van der Waals surface area contributed by atoms with Crippen molar-refractivity contribution < 1.29 is 13.5 Å². The average molecular weight is 262 g/mol. The number of hydrogen-bond donors (Lipinski definition) is 0. The van der Waals surface area contributed by atoms with Gasteiger partial charge in [0.25, 0.3) is 5.92 Å². The quantitative estimate of drug-likeness (QED) is 0.559. The van der Waals surface area contributed by atoms with Crippen molar-refractivity contribution in [2.75, 3.05) is 18.1 Å². The lowest BCUT2D eigenvalue weighted by Gasteiger charge is -2.10. The zero-order valence-corrected chi connectivity index (χ0v) is 7.82. The van der Waals surface area contributed by atoms with Gasteiger partial charge >= 0.3 is 0 Å². The zero-order chi connectivity index (χ0) is 7.83. The summed E-state index contributed by atoms with van der Waals surface area (Å²) in [6, 6.07) is 0. The second kappa shape index (κ2) is 2.55. The predicted molar refractivity (Wildman–Crippen MR) is 42.8 cm³/mol. The van der Waals surface area contributed by atoms with Gasteiger partial charge in [0, 0.05) is 18.0 Å². The molecule has 0 amide bonds. The predicted octanol–water partition coefficient (Wildman–Crippen LogP) is 2.09. The molecular weight excluding hydrogens is 253 g/mol. The van der Waals surface area contributed by atoms with E-state index in [9.17, 15) is 8.78 Å². The SMILES string of the molecule is COCC1(CI)CC1(F)F. The average Bonchev–Trinajstić information content (AvgIpc) is 2.37. The molecule has 0 radical (unpaired) electrons. The number of halogens is 3. The van der Waals surface area contributed by atoms with Gasteiger partial charge in [-0.1, -0.05) is 22.6 Å². The summed E-state index contributed by atoms with van der Waals surface area (Å²) in [6.07, 6.45) is -0.00319. The summed E-state index contributed by atoms with van der Waals surface area (Å²) in [6.45, 7) is 0.183. The second-order valence-corrected chi connectivity index (χ2v) is 3.49. The van der Waals surface area contributed by atoms with Crippen LogP contribution in [0.5, 0.6) is 0 Å². The molecule has 0 aromatic rings. The molecule has 1 atom stereocenters. The number of rotatable bonds is 3. The first kappa shape index (κ1) is 8.64. The van der Waals surface area contributed by atoms with Crippen molar-refractivity contribution in [2.45, 2.75) is 12.3 Å². The molecule has 1 fully saturated rings. The summed E-state index contributed by atoms with van der Waals surface area (Å²) in [5.41, 5.74) is -0.831. The first-order valence-electron chi connectivity index (χ1n) is 3.01. The van der Waals surface area contributed by atoms with Crippen LogP contribution in [-0.2, 0) is 4.74 Å². The molecule has 1 saturated carbocycles.